The maximum absolute atomic E-state index is 10.7. The Morgan fingerprint density at radius 1 is 1.44 bits per heavy atom. The van der Waals surface area contributed by atoms with E-state index in [4.69, 9.17) is 15.4 Å². The Hall–Kier alpha value is -2.20. The first-order chi connectivity index (χ1) is 8.52. The van der Waals surface area contributed by atoms with Gasteiger partial charge in [-0.1, -0.05) is 17.2 Å². The van der Waals surface area contributed by atoms with E-state index in [0.717, 1.165) is 0 Å². The van der Waals surface area contributed by atoms with Crippen LogP contribution in [0.1, 0.15) is 31.9 Å². The largest absolute Gasteiger partial charge is 0.491 e. The number of azide groups is 1. The molecule has 0 spiro atoms. The molecule has 1 rings (SSSR count). The van der Waals surface area contributed by atoms with Crippen LogP contribution in [0.4, 0.5) is 0 Å². The molecular formula is C12H15N3O3. The average molecular weight is 249 g/mol. The molecule has 0 aliphatic carbocycles. The molecule has 1 aromatic rings. The van der Waals surface area contributed by atoms with Crippen molar-refractivity contribution < 1.29 is 14.6 Å². The quantitative estimate of drug-likeness (QED) is 0.476. The van der Waals surface area contributed by atoms with Crippen molar-refractivity contribution in [2.24, 2.45) is 5.11 Å². The summed E-state index contributed by atoms with van der Waals surface area (Å²) < 4.78 is 5.47. The van der Waals surface area contributed by atoms with Crippen LogP contribution in [0.15, 0.2) is 29.4 Å². The van der Waals surface area contributed by atoms with Crippen LogP contribution in [0.25, 0.3) is 10.4 Å². The second-order valence-electron chi connectivity index (χ2n) is 4.05. The molecule has 96 valence electrons. The fraction of sp³-hybridized carbons (Fsp3) is 0.417. The topological polar surface area (TPSA) is 95.3 Å². The van der Waals surface area contributed by atoms with Crippen molar-refractivity contribution in [3.05, 3.63) is 40.3 Å². The van der Waals surface area contributed by atoms with Crippen LogP contribution in [0.5, 0.6) is 5.75 Å². The van der Waals surface area contributed by atoms with E-state index in [1.54, 1.807) is 24.3 Å². The molecule has 6 nitrogen and oxygen atoms in total. The number of carboxylic acid groups (broad SMARTS) is 1. The van der Waals surface area contributed by atoms with Gasteiger partial charge < -0.3 is 9.84 Å². The first kappa shape index (κ1) is 13.9. The van der Waals surface area contributed by atoms with Crippen molar-refractivity contribution in [1.29, 1.82) is 0 Å². The molecular weight excluding hydrogens is 234 g/mol. The molecule has 1 unspecified atom stereocenters. The van der Waals surface area contributed by atoms with Crippen molar-refractivity contribution >= 4 is 5.97 Å². The van der Waals surface area contributed by atoms with Crippen LogP contribution < -0.4 is 4.74 Å². The predicted octanol–water partition coefficient (Wildman–Crippen LogP) is 3.30. The Kier molecular flexibility index (Phi) is 5.02. The SMILES string of the molecule is CC(C)Oc1ccc(C(CC(=O)O)N=[N+]=[N-])cc1. The fourth-order valence-corrected chi connectivity index (χ4v) is 1.49. The summed E-state index contributed by atoms with van der Waals surface area (Å²) in [5, 5.41) is 12.2. The maximum atomic E-state index is 10.7. The minimum absolute atomic E-state index is 0.0720. The Morgan fingerprint density at radius 2 is 2.06 bits per heavy atom. The number of carboxylic acids is 1. The van der Waals surface area contributed by atoms with E-state index in [0.29, 0.717) is 11.3 Å². The summed E-state index contributed by atoms with van der Waals surface area (Å²) in [6.07, 6.45) is -0.156. The molecule has 1 atom stereocenters. The lowest BCUT2D eigenvalue weighted by molar-refractivity contribution is -0.137. The summed E-state index contributed by atoms with van der Waals surface area (Å²) in [6, 6.07) is 6.19. The van der Waals surface area contributed by atoms with Gasteiger partial charge in [0.15, 0.2) is 0 Å². The van der Waals surface area contributed by atoms with Gasteiger partial charge in [0.25, 0.3) is 0 Å². The highest BCUT2D eigenvalue weighted by molar-refractivity contribution is 5.68. The summed E-state index contributed by atoms with van der Waals surface area (Å²) in [5.74, 6) is -0.307. The number of nitrogens with zero attached hydrogens (tertiary/aromatic N) is 3. The minimum atomic E-state index is -1.00. The first-order valence-electron chi connectivity index (χ1n) is 5.55. The Balaban J connectivity index is 2.86. The Bertz CT molecular complexity index is 450. The third kappa shape index (κ3) is 4.35. The summed E-state index contributed by atoms with van der Waals surface area (Å²) in [5.41, 5.74) is 9.08. The number of carbonyl (C=O) groups is 1. The highest BCUT2D eigenvalue weighted by Crippen LogP contribution is 2.24. The molecule has 6 heteroatoms. The number of hydrogen-bond donors (Lipinski definition) is 1. The maximum Gasteiger partial charge on any atom is 0.304 e. The number of aliphatic carboxylic acids is 1. The van der Waals surface area contributed by atoms with E-state index in [2.05, 4.69) is 10.0 Å². The van der Waals surface area contributed by atoms with Gasteiger partial charge in [-0.05, 0) is 37.1 Å². The molecule has 18 heavy (non-hydrogen) atoms. The molecule has 0 aliphatic heterocycles. The third-order valence-corrected chi connectivity index (χ3v) is 2.20. The predicted molar refractivity (Wildman–Crippen MR) is 66.3 cm³/mol. The van der Waals surface area contributed by atoms with Gasteiger partial charge >= 0.3 is 5.97 Å². The molecule has 0 fully saturated rings. The number of benzene rings is 1. The highest BCUT2D eigenvalue weighted by Gasteiger charge is 2.13. The van der Waals surface area contributed by atoms with Crippen molar-refractivity contribution in [2.75, 3.05) is 0 Å². The average Bonchev–Trinajstić information content (AvgIpc) is 2.28. The van der Waals surface area contributed by atoms with Crippen LogP contribution in [-0.2, 0) is 4.79 Å². The van der Waals surface area contributed by atoms with Gasteiger partial charge in [-0.25, -0.2) is 0 Å². The van der Waals surface area contributed by atoms with Gasteiger partial charge in [0.2, 0.25) is 0 Å². The second-order valence-corrected chi connectivity index (χ2v) is 4.05. The zero-order chi connectivity index (χ0) is 13.5. The van der Waals surface area contributed by atoms with Gasteiger partial charge in [-0.15, -0.1) is 0 Å². The third-order valence-electron chi connectivity index (χ3n) is 2.20. The lowest BCUT2D eigenvalue weighted by atomic mass is 10.0. The normalized spacial score (nSPS) is 11.7. The first-order valence-corrected chi connectivity index (χ1v) is 5.55. The summed E-state index contributed by atoms with van der Waals surface area (Å²) in [4.78, 5) is 13.3. The number of ether oxygens (including phenoxy) is 1. The van der Waals surface area contributed by atoms with Gasteiger partial charge in [0.1, 0.15) is 5.75 Å². The van der Waals surface area contributed by atoms with Gasteiger partial charge in [0, 0.05) is 4.91 Å². The minimum Gasteiger partial charge on any atom is -0.491 e. The number of rotatable bonds is 6. The van der Waals surface area contributed by atoms with Crippen molar-refractivity contribution in [1.82, 2.24) is 0 Å². The van der Waals surface area contributed by atoms with Gasteiger partial charge in [-0.3, -0.25) is 4.79 Å². The molecule has 0 heterocycles. The van der Waals surface area contributed by atoms with Crippen molar-refractivity contribution in [2.45, 2.75) is 32.4 Å². The molecule has 0 aromatic heterocycles. The zero-order valence-corrected chi connectivity index (χ0v) is 10.3. The molecule has 0 radical (unpaired) electrons. The van der Waals surface area contributed by atoms with E-state index >= 15 is 0 Å². The second kappa shape index (κ2) is 6.51. The highest BCUT2D eigenvalue weighted by atomic mass is 16.5. The van der Waals surface area contributed by atoms with Crippen molar-refractivity contribution in [3.8, 4) is 5.75 Å². The molecule has 0 bridgehead atoms. The van der Waals surface area contributed by atoms with E-state index < -0.39 is 12.0 Å². The Labute approximate surface area is 105 Å². The molecule has 1 aromatic carbocycles. The smallest absolute Gasteiger partial charge is 0.304 e. The zero-order valence-electron chi connectivity index (χ0n) is 10.3. The fourth-order valence-electron chi connectivity index (χ4n) is 1.49. The molecule has 0 amide bonds. The lowest BCUT2D eigenvalue weighted by Gasteiger charge is -2.12. The van der Waals surface area contributed by atoms with Gasteiger partial charge in [-0.2, -0.15) is 0 Å². The van der Waals surface area contributed by atoms with E-state index in [-0.39, 0.29) is 12.5 Å². The standard InChI is InChI=1S/C12H15N3O3/c1-8(2)18-10-5-3-9(4-6-10)11(14-15-13)7-12(16)17/h3-6,8,11H,7H2,1-2H3,(H,16,17). The molecule has 1 N–H and O–H groups in total. The van der Waals surface area contributed by atoms with E-state index in [9.17, 15) is 4.79 Å². The summed E-state index contributed by atoms with van der Waals surface area (Å²) >= 11 is 0. The number of hydrogen-bond acceptors (Lipinski definition) is 3. The van der Waals surface area contributed by atoms with Gasteiger partial charge in [0.05, 0.1) is 18.6 Å². The van der Waals surface area contributed by atoms with E-state index in [1.165, 1.54) is 0 Å². The summed E-state index contributed by atoms with van der Waals surface area (Å²) in [6.45, 7) is 3.84. The Morgan fingerprint density at radius 3 is 2.50 bits per heavy atom. The lowest BCUT2D eigenvalue weighted by Crippen LogP contribution is -2.06. The van der Waals surface area contributed by atoms with Crippen LogP contribution >= 0.6 is 0 Å². The molecule has 0 aliphatic rings. The van der Waals surface area contributed by atoms with Crippen molar-refractivity contribution in [3.63, 3.8) is 0 Å². The van der Waals surface area contributed by atoms with Crippen LogP contribution in [0.2, 0.25) is 0 Å². The summed E-state index contributed by atoms with van der Waals surface area (Å²) in [7, 11) is 0. The van der Waals surface area contributed by atoms with Crippen LogP contribution in [0, 0.1) is 0 Å². The molecule has 0 saturated heterocycles. The monoisotopic (exact) mass is 249 g/mol. The molecule has 0 saturated carbocycles. The van der Waals surface area contributed by atoms with Crippen LogP contribution in [-0.4, -0.2) is 17.2 Å². The van der Waals surface area contributed by atoms with Crippen LogP contribution in [0.3, 0.4) is 0 Å². The van der Waals surface area contributed by atoms with E-state index in [1.807, 2.05) is 13.8 Å².